The third kappa shape index (κ3) is 4.28. The number of hydrogen-bond donors (Lipinski definition) is 1. The van der Waals surface area contributed by atoms with E-state index in [1.807, 2.05) is 0 Å². The highest BCUT2D eigenvalue weighted by molar-refractivity contribution is 5.85. The summed E-state index contributed by atoms with van der Waals surface area (Å²) in [6, 6.07) is 18.2. The zero-order valence-corrected chi connectivity index (χ0v) is 19.4. The van der Waals surface area contributed by atoms with Gasteiger partial charge < -0.3 is 5.32 Å². The van der Waals surface area contributed by atoms with E-state index in [-0.39, 0.29) is 12.4 Å². The van der Waals surface area contributed by atoms with Crippen LogP contribution < -0.4 is 5.32 Å². The molecule has 3 atom stereocenters. The Kier molecular flexibility index (Phi) is 6.81. The standard InChI is InChI=1S/C27H37N.ClH/c1-20(2)22-11-13-24-23(17-22)12-14-25-26(3,15-8-16-27(24,25)4)19-28-18-21-9-6-5-7-10-21;/h5-7,9-11,13,17,20,25,28H,8,12,14-16,18-19H2,1-4H3;1H. The quantitative estimate of drug-likeness (QED) is 0.556. The Hall–Kier alpha value is -1.31. The largest absolute Gasteiger partial charge is 0.312 e. The van der Waals surface area contributed by atoms with Crippen molar-refractivity contribution in [3.05, 3.63) is 70.8 Å². The van der Waals surface area contributed by atoms with Crippen LogP contribution in [0.5, 0.6) is 0 Å². The third-order valence-electron chi connectivity index (χ3n) is 7.87. The highest BCUT2D eigenvalue weighted by Gasteiger charge is 2.51. The van der Waals surface area contributed by atoms with Gasteiger partial charge in [-0.1, -0.05) is 82.6 Å². The van der Waals surface area contributed by atoms with E-state index in [1.165, 1.54) is 43.2 Å². The summed E-state index contributed by atoms with van der Waals surface area (Å²) in [7, 11) is 0. The molecule has 0 amide bonds. The van der Waals surface area contributed by atoms with Gasteiger partial charge in [-0.05, 0) is 70.6 Å². The molecule has 29 heavy (non-hydrogen) atoms. The van der Waals surface area contributed by atoms with Gasteiger partial charge in [-0.15, -0.1) is 12.4 Å². The second-order valence-corrected chi connectivity index (χ2v) is 10.2. The summed E-state index contributed by atoms with van der Waals surface area (Å²) in [5.41, 5.74) is 6.90. The Labute approximate surface area is 184 Å². The van der Waals surface area contributed by atoms with Crippen molar-refractivity contribution in [2.45, 2.75) is 77.7 Å². The number of aryl methyl sites for hydroxylation is 1. The van der Waals surface area contributed by atoms with Gasteiger partial charge in [0, 0.05) is 13.1 Å². The fraction of sp³-hybridized carbons (Fsp3) is 0.556. The summed E-state index contributed by atoms with van der Waals surface area (Å²) in [6.07, 6.45) is 6.65. The van der Waals surface area contributed by atoms with E-state index in [4.69, 9.17) is 0 Å². The Bertz CT molecular complexity index is 815. The molecule has 1 fully saturated rings. The number of hydrogen-bond acceptors (Lipinski definition) is 1. The van der Waals surface area contributed by atoms with Crippen molar-refractivity contribution in [3.63, 3.8) is 0 Å². The lowest BCUT2D eigenvalue weighted by Crippen LogP contribution is -2.52. The molecule has 4 rings (SSSR count). The van der Waals surface area contributed by atoms with Gasteiger partial charge in [0.05, 0.1) is 0 Å². The van der Waals surface area contributed by atoms with E-state index in [2.05, 4.69) is 81.5 Å². The van der Waals surface area contributed by atoms with Crippen molar-refractivity contribution in [1.82, 2.24) is 5.32 Å². The lowest BCUT2D eigenvalue weighted by Gasteiger charge is -2.55. The van der Waals surface area contributed by atoms with Crippen LogP contribution in [0.4, 0.5) is 0 Å². The molecule has 1 nitrogen and oxygen atoms in total. The SMILES string of the molecule is CC(C)c1ccc2c(c1)CCC1C(C)(CNCc3ccccc3)CCCC21C.Cl. The Morgan fingerprint density at radius 3 is 2.52 bits per heavy atom. The number of nitrogens with one attached hydrogen (secondary N) is 1. The van der Waals surface area contributed by atoms with Crippen molar-refractivity contribution in [3.8, 4) is 0 Å². The maximum atomic E-state index is 3.81. The molecule has 0 bridgehead atoms. The van der Waals surface area contributed by atoms with Crippen LogP contribution in [0.2, 0.25) is 0 Å². The molecular formula is C27H38ClN. The summed E-state index contributed by atoms with van der Waals surface area (Å²) >= 11 is 0. The van der Waals surface area contributed by atoms with Gasteiger partial charge in [0.1, 0.15) is 0 Å². The van der Waals surface area contributed by atoms with Crippen LogP contribution in [0.1, 0.15) is 81.5 Å². The molecular weight excluding hydrogens is 374 g/mol. The lowest BCUT2D eigenvalue weighted by molar-refractivity contribution is 0.0257. The smallest absolute Gasteiger partial charge is 0.0205 e. The number of halogens is 1. The fourth-order valence-corrected chi connectivity index (χ4v) is 6.30. The van der Waals surface area contributed by atoms with E-state index >= 15 is 0 Å². The zero-order valence-electron chi connectivity index (χ0n) is 18.6. The summed E-state index contributed by atoms with van der Waals surface area (Å²) < 4.78 is 0. The second kappa shape index (κ2) is 8.82. The zero-order chi connectivity index (χ0) is 19.8. The second-order valence-electron chi connectivity index (χ2n) is 10.2. The van der Waals surface area contributed by atoms with E-state index in [9.17, 15) is 0 Å². The van der Waals surface area contributed by atoms with Crippen molar-refractivity contribution >= 4 is 12.4 Å². The van der Waals surface area contributed by atoms with Crippen LogP contribution in [0, 0.1) is 11.3 Å². The average molecular weight is 412 g/mol. The fourth-order valence-electron chi connectivity index (χ4n) is 6.30. The predicted octanol–water partition coefficient (Wildman–Crippen LogP) is 7.03. The van der Waals surface area contributed by atoms with Gasteiger partial charge in [-0.2, -0.15) is 0 Å². The molecule has 1 N–H and O–H groups in total. The normalized spacial score (nSPS) is 28.4. The van der Waals surface area contributed by atoms with Crippen LogP contribution in [0.15, 0.2) is 48.5 Å². The molecule has 3 unspecified atom stereocenters. The van der Waals surface area contributed by atoms with Gasteiger partial charge in [-0.25, -0.2) is 0 Å². The van der Waals surface area contributed by atoms with Gasteiger partial charge in [0.2, 0.25) is 0 Å². The van der Waals surface area contributed by atoms with Crippen molar-refractivity contribution < 1.29 is 0 Å². The van der Waals surface area contributed by atoms with E-state index in [0.717, 1.165) is 19.0 Å². The Morgan fingerprint density at radius 1 is 1.03 bits per heavy atom. The molecule has 1 saturated carbocycles. The molecule has 0 aliphatic heterocycles. The van der Waals surface area contributed by atoms with Crippen LogP contribution >= 0.6 is 12.4 Å². The minimum absolute atomic E-state index is 0. The van der Waals surface area contributed by atoms with Crippen molar-refractivity contribution in [2.24, 2.45) is 11.3 Å². The Morgan fingerprint density at radius 2 is 1.79 bits per heavy atom. The summed E-state index contributed by atoms with van der Waals surface area (Å²) in [5.74, 6) is 1.39. The van der Waals surface area contributed by atoms with Gasteiger partial charge in [0.25, 0.3) is 0 Å². The van der Waals surface area contributed by atoms with Crippen molar-refractivity contribution in [1.29, 1.82) is 0 Å². The number of fused-ring (bicyclic) bond motifs is 3. The minimum Gasteiger partial charge on any atom is -0.312 e. The molecule has 2 aliphatic carbocycles. The molecule has 2 aromatic rings. The molecule has 0 radical (unpaired) electrons. The van der Waals surface area contributed by atoms with Crippen LogP contribution in [0.3, 0.4) is 0 Å². The molecule has 2 aliphatic rings. The highest BCUT2D eigenvalue weighted by atomic mass is 35.5. The summed E-state index contributed by atoms with van der Waals surface area (Å²) in [5, 5.41) is 3.81. The van der Waals surface area contributed by atoms with E-state index < -0.39 is 0 Å². The first-order chi connectivity index (χ1) is 13.4. The van der Waals surface area contributed by atoms with E-state index in [1.54, 1.807) is 11.1 Å². The molecule has 2 aromatic carbocycles. The highest BCUT2D eigenvalue weighted by Crippen LogP contribution is 2.57. The third-order valence-corrected chi connectivity index (χ3v) is 7.87. The first kappa shape index (κ1) is 22.4. The maximum Gasteiger partial charge on any atom is 0.0205 e. The topological polar surface area (TPSA) is 12.0 Å². The maximum absolute atomic E-state index is 3.81. The first-order valence-corrected chi connectivity index (χ1v) is 11.3. The molecule has 0 spiro atoms. The van der Waals surface area contributed by atoms with Gasteiger partial charge in [0.15, 0.2) is 0 Å². The van der Waals surface area contributed by atoms with Crippen LogP contribution in [-0.4, -0.2) is 6.54 Å². The minimum atomic E-state index is 0. The molecule has 2 heteroatoms. The summed E-state index contributed by atoms with van der Waals surface area (Å²) in [6.45, 7) is 11.9. The molecule has 158 valence electrons. The average Bonchev–Trinajstić information content (AvgIpc) is 2.68. The molecule has 0 aromatic heterocycles. The molecule has 0 heterocycles. The summed E-state index contributed by atoms with van der Waals surface area (Å²) in [4.78, 5) is 0. The lowest BCUT2D eigenvalue weighted by atomic mass is 9.49. The van der Waals surface area contributed by atoms with Gasteiger partial charge in [-0.3, -0.25) is 0 Å². The van der Waals surface area contributed by atoms with E-state index in [0.29, 0.717) is 16.7 Å². The van der Waals surface area contributed by atoms with Crippen LogP contribution in [-0.2, 0) is 18.4 Å². The predicted molar refractivity (Wildman–Crippen MR) is 127 cm³/mol. The van der Waals surface area contributed by atoms with Gasteiger partial charge >= 0.3 is 0 Å². The molecule has 0 saturated heterocycles. The first-order valence-electron chi connectivity index (χ1n) is 11.3. The Balaban J connectivity index is 0.00000240. The van der Waals surface area contributed by atoms with Crippen molar-refractivity contribution in [2.75, 3.05) is 6.54 Å². The number of benzene rings is 2. The van der Waals surface area contributed by atoms with Crippen LogP contribution in [0.25, 0.3) is 0 Å². The monoisotopic (exact) mass is 411 g/mol. The number of rotatable bonds is 5.